The Hall–Kier alpha value is -3.25. The summed E-state index contributed by atoms with van der Waals surface area (Å²) in [6.07, 6.45) is 7.59. The van der Waals surface area contributed by atoms with Crippen molar-refractivity contribution in [2.24, 2.45) is 11.8 Å². The van der Waals surface area contributed by atoms with Crippen LogP contribution < -0.4 is 4.74 Å². The molecule has 6 heteroatoms. The molecule has 0 spiro atoms. The van der Waals surface area contributed by atoms with Crippen molar-refractivity contribution < 1.29 is 23.0 Å². The first-order valence-electron chi connectivity index (χ1n) is 13.6. The molecule has 2 aromatic carbocycles. The fraction of sp³-hybridized carbons (Fsp3) is 0.424. The van der Waals surface area contributed by atoms with Gasteiger partial charge < -0.3 is 14.3 Å². The van der Waals surface area contributed by atoms with Crippen LogP contribution in [0.4, 0.5) is 8.78 Å². The van der Waals surface area contributed by atoms with Crippen molar-refractivity contribution >= 4 is 6.79 Å². The Kier molecular flexibility index (Phi) is 9.06. The number of alkyl halides is 2. The Morgan fingerprint density at radius 3 is 2.54 bits per heavy atom. The molecule has 1 aliphatic heterocycles. The van der Waals surface area contributed by atoms with Gasteiger partial charge in [0.15, 0.2) is 0 Å². The van der Waals surface area contributed by atoms with Crippen molar-refractivity contribution in [3.63, 3.8) is 0 Å². The van der Waals surface area contributed by atoms with Gasteiger partial charge in [-0.3, -0.25) is 4.90 Å². The highest BCUT2D eigenvalue weighted by atomic mass is 19.3. The lowest BCUT2D eigenvalue weighted by molar-refractivity contribution is -0.130. The molecule has 1 heterocycles. The number of halogens is 2. The third kappa shape index (κ3) is 7.04. The standard InChI is InChI=1S/C32H37F2NO2.CH2O/c1-5-29-26(16-27-17-30(27)29)14-23(4)37-18-24-8-6-9-25(15-24)31-21(2)12-28(13-22(31)3)36-11-7-10-35-19-32(33,34)20-35;1-2/h5-6,8-9,12-15,27,30H,4,7,10-11,16-20H2,1-3H3;1H2/b26-14-,29-5+;. The van der Waals surface area contributed by atoms with Gasteiger partial charge in [0.05, 0.1) is 19.7 Å². The Morgan fingerprint density at radius 1 is 1.15 bits per heavy atom. The number of carbonyl (C=O) groups is 1. The Bertz CT molecular complexity index is 1230. The van der Waals surface area contributed by atoms with Crippen LogP contribution in [0.2, 0.25) is 0 Å². The molecule has 2 atom stereocenters. The van der Waals surface area contributed by atoms with Gasteiger partial charge in [0.1, 0.15) is 24.9 Å². The fourth-order valence-corrected chi connectivity index (χ4v) is 5.97. The summed E-state index contributed by atoms with van der Waals surface area (Å²) < 4.78 is 37.9. The molecule has 3 fully saturated rings. The van der Waals surface area contributed by atoms with E-state index in [2.05, 4.69) is 75.9 Å². The van der Waals surface area contributed by atoms with E-state index in [-0.39, 0.29) is 13.1 Å². The highest BCUT2D eigenvalue weighted by Crippen LogP contribution is 2.57. The van der Waals surface area contributed by atoms with Gasteiger partial charge in [0.25, 0.3) is 5.92 Å². The first-order chi connectivity index (χ1) is 18.7. The minimum absolute atomic E-state index is 0.131. The molecule has 0 amide bonds. The normalized spacial score (nSPS) is 23.0. The number of fused-ring (bicyclic) bond motifs is 1. The van der Waals surface area contributed by atoms with Crippen LogP contribution in [0.3, 0.4) is 0 Å². The minimum atomic E-state index is -2.51. The average molecular weight is 536 g/mol. The molecule has 0 bridgehead atoms. The maximum Gasteiger partial charge on any atom is 0.272 e. The predicted molar refractivity (Wildman–Crippen MR) is 152 cm³/mol. The van der Waals surface area contributed by atoms with Gasteiger partial charge in [-0.05, 0) is 115 Å². The number of hydrogen-bond acceptors (Lipinski definition) is 4. The lowest BCUT2D eigenvalue weighted by Gasteiger charge is -2.38. The number of ether oxygens (including phenoxy) is 2. The molecule has 2 saturated carbocycles. The lowest BCUT2D eigenvalue weighted by Crippen LogP contribution is -2.56. The van der Waals surface area contributed by atoms with E-state index in [1.807, 2.05) is 6.79 Å². The van der Waals surface area contributed by atoms with Crippen molar-refractivity contribution in [3.8, 4) is 16.9 Å². The summed E-state index contributed by atoms with van der Waals surface area (Å²) in [6.45, 7) is 13.8. The Balaban J connectivity index is 0.00000172. The number of aryl methyl sites for hydroxylation is 2. The van der Waals surface area contributed by atoms with Crippen LogP contribution in [0.1, 0.15) is 42.9 Å². The van der Waals surface area contributed by atoms with E-state index in [0.29, 0.717) is 19.8 Å². The van der Waals surface area contributed by atoms with Crippen LogP contribution in [-0.4, -0.2) is 43.9 Å². The van der Waals surface area contributed by atoms with E-state index in [1.165, 1.54) is 23.1 Å². The second-order valence-corrected chi connectivity index (χ2v) is 10.9. The molecule has 0 aromatic heterocycles. The summed E-state index contributed by atoms with van der Waals surface area (Å²) >= 11 is 0. The molecular formula is C33H39F2NO3. The minimum Gasteiger partial charge on any atom is -0.494 e. The van der Waals surface area contributed by atoms with Gasteiger partial charge in [-0.1, -0.05) is 30.9 Å². The summed E-state index contributed by atoms with van der Waals surface area (Å²) in [6, 6.07) is 12.6. The van der Waals surface area contributed by atoms with Crippen LogP contribution in [0.15, 0.2) is 72.0 Å². The quantitative estimate of drug-likeness (QED) is 0.234. The topological polar surface area (TPSA) is 38.8 Å². The molecule has 1 saturated heterocycles. The first-order valence-corrected chi connectivity index (χ1v) is 13.6. The molecule has 5 rings (SSSR count). The van der Waals surface area contributed by atoms with Crippen molar-refractivity contribution in [1.29, 1.82) is 0 Å². The molecule has 4 nitrogen and oxygen atoms in total. The second kappa shape index (κ2) is 12.3. The molecule has 39 heavy (non-hydrogen) atoms. The second-order valence-electron chi connectivity index (χ2n) is 10.9. The van der Waals surface area contributed by atoms with Crippen molar-refractivity contribution in [2.75, 3.05) is 26.2 Å². The zero-order valence-corrected chi connectivity index (χ0v) is 23.3. The van der Waals surface area contributed by atoms with Crippen LogP contribution >= 0.6 is 0 Å². The first kappa shape index (κ1) is 28.8. The van der Waals surface area contributed by atoms with E-state index in [4.69, 9.17) is 14.3 Å². The molecule has 2 aromatic rings. The molecule has 3 aliphatic rings. The summed E-state index contributed by atoms with van der Waals surface area (Å²) in [5.41, 5.74) is 8.60. The number of likely N-dealkylation sites (tertiary alicyclic amines) is 1. The average Bonchev–Trinajstić information content (AvgIpc) is 3.56. The largest absolute Gasteiger partial charge is 0.494 e. The summed E-state index contributed by atoms with van der Waals surface area (Å²) in [7, 11) is 0. The van der Waals surface area contributed by atoms with E-state index in [1.54, 1.807) is 4.90 Å². The molecule has 2 aliphatic carbocycles. The predicted octanol–water partition coefficient (Wildman–Crippen LogP) is 7.45. The third-order valence-corrected chi connectivity index (χ3v) is 7.76. The maximum atomic E-state index is 13.0. The number of rotatable bonds is 10. The van der Waals surface area contributed by atoms with Crippen LogP contribution in [-0.2, 0) is 16.1 Å². The number of allylic oxidation sites excluding steroid dienone is 4. The maximum absolute atomic E-state index is 13.0. The molecular weight excluding hydrogens is 496 g/mol. The summed E-state index contributed by atoms with van der Waals surface area (Å²) in [4.78, 5) is 9.77. The van der Waals surface area contributed by atoms with E-state index in [9.17, 15) is 8.78 Å². The van der Waals surface area contributed by atoms with Gasteiger partial charge in [0, 0.05) is 6.54 Å². The van der Waals surface area contributed by atoms with Gasteiger partial charge in [-0.15, -0.1) is 0 Å². The van der Waals surface area contributed by atoms with E-state index in [0.717, 1.165) is 58.4 Å². The highest BCUT2D eigenvalue weighted by molar-refractivity contribution is 5.72. The number of hydrogen-bond donors (Lipinski definition) is 0. The molecule has 208 valence electrons. The van der Waals surface area contributed by atoms with E-state index < -0.39 is 5.92 Å². The monoisotopic (exact) mass is 535 g/mol. The summed E-state index contributed by atoms with van der Waals surface area (Å²) in [5.74, 6) is 0.641. The molecule has 0 N–H and O–H groups in total. The van der Waals surface area contributed by atoms with Crippen molar-refractivity contribution in [1.82, 2.24) is 4.90 Å². The highest BCUT2D eigenvalue weighted by Gasteiger charge is 2.46. The smallest absolute Gasteiger partial charge is 0.272 e. The molecule has 2 unspecified atom stereocenters. The fourth-order valence-electron chi connectivity index (χ4n) is 5.97. The molecule has 0 radical (unpaired) electrons. The summed E-state index contributed by atoms with van der Waals surface area (Å²) in [5, 5.41) is 0. The Morgan fingerprint density at radius 2 is 1.87 bits per heavy atom. The van der Waals surface area contributed by atoms with Gasteiger partial charge in [0.2, 0.25) is 0 Å². The zero-order valence-electron chi connectivity index (χ0n) is 23.3. The SMILES string of the molecule is C=C(/C=C1/CC2CC2/C1=C/C)OCc1cccc(-c2c(C)cc(OCCCN3CC(F)(F)C3)cc2C)c1.C=O. The third-order valence-electron chi connectivity index (χ3n) is 7.76. The number of nitrogens with zero attached hydrogens (tertiary/aromatic N) is 1. The van der Waals surface area contributed by atoms with E-state index >= 15 is 0 Å². The Labute approximate surface area is 231 Å². The number of carbonyl (C=O) groups excluding carboxylic acids is 1. The van der Waals surface area contributed by atoms with Gasteiger partial charge in [-0.2, -0.15) is 0 Å². The number of benzene rings is 2. The van der Waals surface area contributed by atoms with Crippen LogP contribution in [0.25, 0.3) is 11.1 Å². The lowest BCUT2D eigenvalue weighted by atomic mass is 9.94. The zero-order chi connectivity index (χ0) is 28.2. The van der Waals surface area contributed by atoms with Crippen molar-refractivity contribution in [2.45, 2.75) is 52.6 Å². The van der Waals surface area contributed by atoms with Crippen LogP contribution in [0.5, 0.6) is 5.75 Å². The van der Waals surface area contributed by atoms with Crippen LogP contribution in [0, 0.1) is 25.7 Å². The van der Waals surface area contributed by atoms with Gasteiger partial charge >= 0.3 is 0 Å². The van der Waals surface area contributed by atoms with Crippen molar-refractivity contribution in [3.05, 3.63) is 88.7 Å². The van der Waals surface area contributed by atoms with Gasteiger partial charge in [-0.25, -0.2) is 8.78 Å².